The van der Waals surface area contributed by atoms with Crippen LogP contribution in [0.1, 0.15) is 5.69 Å². The fourth-order valence-corrected chi connectivity index (χ4v) is 1.67. The third kappa shape index (κ3) is 3.47. The summed E-state index contributed by atoms with van der Waals surface area (Å²) in [5.74, 6) is 0.153. The molecule has 1 aromatic heterocycles. The number of nitrogens with one attached hydrogen (secondary N) is 1. The first-order valence-electron chi connectivity index (χ1n) is 4.34. The molecule has 0 spiro atoms. The number of aromatic nitrogens is 2. The largest absolute Gasteiger partial charge is 0.332 e. The van der Waals surface area contributed by atoms with Crippen LogP contribution in [0.25, 0.3) is 0 Å². The summed E-state index contributed by atoms with van der Waals surface area (Å²) in [4.78, 5) is 3.97. The van der Waals surface area contributed by atoms with Gasteiger partial charge in [0.15, 0.2) is 0 Å². The molecule has 0 aliphatic rings. The molecule has 0 bridgehead atoms. The number of hydrogen-bond acceptors (Lipinski definition) is 4. The van der Waals surface area contributed by atoms with Gasteiger partial charge in [-0.15, -0.1) is 0 Å². The van der Waals surface area contributed by atoms with Crippen LogP contribution in [0.4, 0.5) is 0 Å². The Kier molecular flexibility index (Phi) is 3.65. The second-order valence-corrected chi connectivity index (χ2v) is 5.50. The lowest BCUT2D eigenvalue weighted by atomic mass is 10.4. The molecule has 0 aliphatic heterocycles. The van der Waals surface area contributed by atoms with E-state index in [9.17, 15) is 8.42 Å². The molecule has 14 heavy (non-hydrogen) atoms. The van der Waals surface area contributed by atoms with Crippen LogP contribution < -0.4 is 5.32 Å². The van der Waals surface area contributed by atoms with Gasteiger partial charge >= 0.3 is 0 Å². The molecule has 0 saturated carbocycles. The van der Waals surface area contributed by atoms with Crippen LogP contribution in [0.2, 0.25) is 0 Å². The molecule has 0 aliphatic carbocycles. The average Bonchev–Trinajstić information content (AvgIpc) is 2.48. The zero-order chi connectivity index (χ0) is 10.6. The lowest BCUT2D eigenvalue weighted by Crippen LogP contribution is -2.15. The maximum atomic E-state index is 10.9. The Bertz CT molecular complexity index is 383. The molecule has 5 nitrogen and oxygen atoms in total. The maximum Gasteiger partial charge on any atom is 0.149 e. The third-order valence-corrected chi connectivity index (χ3v) is 2.78. The fourth-order valence-electron chi connectivity index (χ4n) is 1.14. The summed E-state index contributed by atoms with van der Waals surface area (Å²) in [5, 5.41) is 3.00. The molecular formula is C8H15N3O2S. The molecule has 0 amide bonds. The highest BCUT2D eigenvalue weighted by molar-refractivity contribution is 7.90. The molecule has 1 aromatic rings. The van der Waals surface area contributed by atoms with E-state index in [0.29, 0.717) is 13.1 Å². The SMILES string of the molecule is CNCc1cncn1CCS(C)(=O)=O. The third-order valence-electron chi connectivity index (χ3n) is 1.86. The number of aryl methyl sites for hydroxylation is 1. The van der Waals surface area contributed by atoms with Crippen LogP contribution in [0.3, 0.4) is 0 Å². The van der Waals surface area contributed by atoms with Gasteiger partial charge in [-0.25, -0.2) is 13.4 Å². The molecule has 0 radical (unpaired) electrons. The minimum absolute atomic E-state index is 0.153. The standard InChI is InChI=1S/C8H15N3O2S/c1-9-5-8-6-10-7-11(8)3-4-14(2,12)13/h6-7,9H,3-5H2,1-2H3. The second kappa shape index (κ2) is 4.56. The van der Waals surface area contributed by atoms with Gasteiger partial charge < -0.3 is 9.88 Å². The molecule has 1 heterocycles. The van der Waals surface area contributed by atoms with Gasteiger partial charge in [-0.2, -0.15) is 0 Å². The second-order valence-electron chi connectivity index (χ2n) is 3.24. The van der Waals surface area contributed by atoms with Crippen molar-refractivity contribution in [3.05, 3.63) is 18.2 Å². The average molecular weight is 217 g/mol. The first-order valence-corrected chi connectivity index (χ1v) is 6.40. The first-order chi connectivity index (χ1) is 6.53. The lowest BCUT2D eigenvalue weighted by Gasteiger charge is -2.06. The van der Waals surface area contributed by atoms with Gasteiger partial charge in [0.1, 0.15) is 9.84 Å². The highest BCUT2D eigenvalue weighted by Gasteiger charge is 2.05. The zero-order valence-corrected chi connectivity index (χ0v) is 9.21. The number of rotatable bonds is 5. The molecule has 0 fully saturated rings. The highest BCUT2D eigenvalue weighted by atomic mass is 32.2. The molecule has 6 heteroatoms. The molecular weight excluding hydrogens is 202 g/mol. The minimum atomic E-state index is -2.90. The van der Waals surface area contributed by atoms with E-state index >= 15 is 0 Å². The van der Waals surface area contributed by atoms with E-state index in [0.717, 1.165) is 5.69 Å². The van der Waals surface area contributed by atoms with E-state index < -0.39 is 9.84 Å². The van der Waals surface area contributed by atoms with Crippen molar-refractivity contribution in [3.8, 4) is 0 Å². The Hall–Kier alpha value is -0.880. The quantitative estimate of drug-likeness (QED) is 0.732. The predicted octanol–water partition coefficient (Wildman–Crippen LogP) is -0.353. The van der Waals surface area contributed by atoms with E-state index in [2.05, 4.69) is 10.3 Å². The summed E-state index contributed by atoms with van der Waals surface area (Å²) in [6, 6.07) is 0. The number of sulfone groups is 1. The Morgan fingerprint density at radius 2 is 2.29 bits per heavy atom. The molecule has 0 saturated heterocycles. The van der Waals surface area contributed by atoms with Crippen LogP contribution >= 0.6 is 0 Å². The molecule has 80 valence electrons. The molecule has 0 atom stereocenters. The topological polar surface area (TPSA) is 64.0 Å². The van der Waals surface area contributed by atoms with Crippen molar-refractivity contribution in [2.24, 2.45) is 0 Å². The van der Waals surface area contributed by atoms with E-state index in [4.69, 9.17) is 0 Å². The Balaban J connectivity index is 2.62. The Labute approximate surface area is 84.1 Å². The van der Waals surface area contributed by atoms with Gasteiger partial charge in [0.25, 0.3) is 0 Å². The number of nitrogens with zero attached hydrogens (tertiary/aromatic N) is 2. The van der Waals surface area contributed by atoms with E-state index in [-0.39, 0.29) is 5.75 Å². The molecule has 1 N–H and O–H groups in total. The molecule has 0 aromatic carbocycles. The summed E-state index contributed by atoms with van der Waals surface area (Å²) in [6.07, 6.45) is 4.62. The normalized spacial score (nSPS) is 11.9. The molecule has 1 rings (SSSR count). The lowest BCUT2D eigenvalue weighted by molar-refractivity contribution is 0.591. The van der Waals surface area contributed by atoms with E-state index in [1.54, 1.807) is 12.5 Å². The zero-order valence-electron chi connectivity index (χ0n) is 8.40. The van der Waals surface area contributed by atoms with Crippen molar-refractivity contribution in [1.29, 1.82) is 0 Å². The summed E-state index contributed by atoms with van der Waals surface area (Å²) >= 11 is 0. The van der Waals surface area contributed by atoms with Crippen molar-refractivity contribution in [1.82, 2.24) is 14.9 Å². The van der Waals surface area contributed by atoms with Gasteiger partial charge in [-0.3, -0.25) is 0 Å². The van der Waals surface area contributed by atoms with Gasteiger partial charge in [0.2, 0.25) is 0 Å². The predicted molar refractivity (Wildman–Crippen MR) is 54.7 cm³/mol. The van der Waals surface area contributed by atoms with Crippen molar-refractivity contribution in [3.63, 3.8) is 0 Å². The first kappa shape index (κ1) is 11.2. The van der Waals surface area contributed by atoms with Crippen LogP contribution in [-0.4, -0.2) is 37.0 Å². The van der Waals surface area contributed by atoms with Crippen molar-refractivity contribution in [2.45, 2.75) is 13.1 Å². The Morgan fingerprint density at radius 1 is 1.57 bits per heavy atom. The van der Waals surface area contributed by atoms with Gasteiger partial charge in [-0.05, 0) is 7.05 Å². The van der Waals surface area contributed by atoms with Crippen LogP contribution in [0.15, 0.2) is 12.5 Å². The van der Waals surface area contributed by atoms with Crippen molar-refractivity contribution < 1.29 is 8.42 Å². The van der Waals surface area contributed by atoms with E-state index in [1.165, 1.54) is 6.26 Å². The summed E-state index contributed by atoms with van der Waals surface area (Å²) < 4.78 is 23.7. The van der Waals surface area contributed by atoms with Crippen LogP contribution in [0, 0.1) is 0 Å². The fraction of sp³-hybridized carbons (Fsp3) is 0.625. The summed E-state index contributed by atoms with van der Waals surface area (Å²) in [5.41, 5.74) is 0.996. The smallest absolute Gasteiger partial charge is 0.149 e. The maximum absolute atomic E-state index is 10.9. The number of imidazole rings is 1. The van der Waals surface area contributed by atoms with Crippen LogP contribution in [0.5, 0.6) is 0 Å². The Morgan fingerprint density at radius 3 is 2.86 bits per heavy atom. The minimum Gasteiger partial charge on any atom is -0.332 e. The molecule has 0 unspecified atom stereocenters. The monoisotopic (exact) mass is 217 g/mol. The van der Waals surface area contributed by atoms with Gasteiger partial charge in [0, 0.05) is 25.5 Å². The highest BCUT2D eigenvalue weighted by Crippen LogP contribution is 1.99. The van der Waals surface area contributed by atoms with Crippen molar-refractivity contribution in [2.75, 3.05) is 19.1 Å². The van der Waals surface area contributed by atoms with E-state index in [1.807, 2.05) is 11.6 Å². The van der Waals surface area contributed by atoms with Crippen molar-refractivity contribution >= 4 is 9.84 Å². The number of hydrogen-bond donors (Lipinski definition) is 1. The van der Waals surface area contributed by atoms with Crippen LogP contribution in [-0.2, 0) is 22.9 Å². The van der Waals surface area contributed by atoms with Gasteiger partial charge in [-0.1, -0.05) is 0 Å². The summed E-state index contributed by atoms with van der Waals surface area (Å²) in [6.45, 7) is 1.17. The summed E-state index contributed by atoms with van der Waals surface area (Å²) in [7, 11) is -1.06. The van der Waals surface area contributed by atoms with Gasteiger partial charge in [0.05, 0.1) is 17.8 Å².